The van der Waals surface area contributed by atoms with Gasteiger partial charge in [0.1, 0.15) is 11.6 Å². The van der Waals surface area contributed by atoms with Crippen molar-refractivity contribution in [1.29, 1.82) is 0 Å². The molecule has 0 fully saturated rings. The highest BCUT2D eigenvalue weighted by atomic mass is 19.4. The van der Waals surface area contributed by atoms with Gasteiger partial charge in [-0.1, -0.05) is 42.5 Å². The Bertz CT molecular complexity index is 1150. The highest BCUT2D eigenvalue weighted by Crippen LogP contribution is 2.39. The van der Waals surface area contributed by atoms with Crippen LogP contribution in [-0.4, -0.2) is 14.6 Å². The summed E-state index contributed by atoms with van der Waals surface area (Å²) in [4.78, 5) is 4.29. The third-order valence-corrected chi connectivity index (χ3v) is 4.43. The predicted octanol–water partition coefficient (Wildman–Crippen LogP) is 5.47. The lowest BCUT2D eigenvalue weighted by Crippen LogP contribution is -2.09. The first-order valence-electron chi connectivity index (χ1n) is 8.84. The van der Waals surface area contributed by atoms with E-state index in [9.17, 15) is 17.6 Å². The molecule has 0 amide bonds. The second kappa shape index (κ2) is 7.20. The van der Waals surface area contributed by atoms with Gasteiger partial charge in [-0.3, -0.25) is 0 Å². The van der Waals surface area contributed by atoms with Crippen LogP contribution in [-0.2, 0) is 12.7 Å². The van der Waals surface area contributed by atoms with E-state index >= 15 is 0 Å². The molecule has 0 saturated carbocycles. The van der Waals surface area contributed by atoms with Crippen molar-refractivity contribution >= 4 is 11.5 Å². The predicted molar refractivity (Wildman–Crippen MR) is 102 cm³/mol. The van der Waals surface area contributed by atoms with Gasteiger partial charge in [0, 0.05) is 18.3 Å². The molecule has 4 rings (SSSR count). The average Bonchev–Trinajstić information content (AvgIpc) is 3.07. The molecule has 0 aliphatic heterocycles. The Labute approximate surface area is 163 Å². The Morgan fingerprint density at radius 2 is 1.69 bits per heavy atom. The maximum atomic E-state index is 13.7. The van der Waals surface area contributed by atoms with Crippen molar-refractivity contribution in [3.05, 3.63) is 83.4 Å². The minimum absolute atomic E-state index is 0.0551. The minimum Gasteiger partial charge on any atom is -0.366 e. The van der Waals surface area contributed by atoms with Crippen LogP contribution >= 0.6 is 0 Å². The molecule has 0 aliphatic carbocycles. The summed E-state index contributed by atoms with van der Waals surface area (Å²) in [6.07, 6.45) is -4.69. The van der Waals surface area contributed by atoms with Crippen molar-refractivity contribution in [2.45, 2.75) is 19.6 Å². The Kier molecular flexibility index (Phi) is 4.70. The van der Waals surface area contributed by atoms with E-state index in [4.69, 9.17) is 0 Å². The molecule has 2 heterocycles. The fourth-order valence-corrected chi connectivity index (χ4v) is 3.13. The molecule has 2 aromatic carbocycles. The molecule has 0 radical (unpaired) electrons. The summed E-state index contributed by atoms with van der Waals surface area (Å²) in [5, 5.41) is 6.94. The topological polar surface area (TPSA) is 42.2 Å². The summed E-state index contributed by atoms with van der Waals surface area (Å²) in [5.74, 6) is -0.150. The molecule has 2 aromatic heterocycles. The molecule has 0 bridgehead atoms. The lowest BCUT2D eigenvalue weighted by molar-refractivity contribution is -0.140. The van der Waals surface area contributed by atoms with Gasteiger partial charge in [0.05, 0.1) is 5.56 Å². The minimum atomic E-state index is -4.69. The van der Waals surface area contributed by atoms with Crippen LogP contribution in [0.1, 0.15) is 17.0 Å². The second-order valence-corrected chi connectivity index (χ2v) is 6.59. The van der Waals surface area contributed by atoms with Gasteiger partial charge < -0.3 is 5.32 Å². The Balaban J connectivity index is 1.88. The number of anilines is 1. The van der Waals surface area contributed by atoms with Crippen LogP contribution in [0.15, 0.2) is 60.7 Å². The van der Waals surface area contributed by atoms with Crippen molar-refractivity contribution in [3.8, 4) is 11.1 Å². The first-order valence-corrected chi connectivity index (χ1v) is 8.84. The molecule has 0 unspecified atom stereocenters. The van der Waals surface area contributed by atoms with E-state index in [0.717, 1.165) is 22.2 Å². The van der Waals surface area contributed by atoms with Gasteiger partial charge in [0.2, 0.25) is 0 Å². The molecule has 1 N–H and O–H groups in total. The number of hydrogen-bond acceptors (Lipinski definition) is 3. The molecular weight excluding hydrogens is 384 g/mol. The molecule has 0 saturated heterocycles. The number of nitrogens with one attached hydrogen (secondary N) is 1. The lowest BCUT2D eigenvalue weighted by Gasteiger charge is -2.10. The molecule has 0 spiro atoms. The van der Waals surface area contributed by atoms with Crippen LogP contribution < -0.4 is 5.32 Å². The highest BCUT2D eigenvalue weighted by Gasteiger charge is 2.39. The van der Waals surface area contributed by atoms with Crippen LogP contribution in [0.25, 0.3) is 16.8 Å². The summed E-state index contributed by atoms with van der Waals surface area (Å²) < 4.78 is 55.7. The molecule has 148 valence electrons. The normalized spacial score (nSPS) is 11.8. The number of halogens is 4. The lowest BCUT2D eigenvalue weighted by atomic mass is 10.1. The third kappa shape index (κ3) is 3.78. The molecule has 8 heteroatoms. The quantitative estimate of drug-likeness (QED) is 0.462. The van der Waals surface area contributed by atoms with E-state index in [1.807, 2.05) is 30.3 Å². The number of alkyl halides is 3. The molecule has 29 heavy (non-hydrogen) atoms. The number of benzene rings is 2. The van der Waals surface area contributed by atoms with Gasteiger partial charge in [0.15, 0.2) is 11.3 Å². The van der Waals surface area contributed by atoms with Gasteiger partial charge in [-0.15, -0.1) is 0 Å². The van der Waals surface area contributed by atoms with Gasteiger partial charge in [-0.25, -0.2) is 9.37 Å². The van der Waals surface area contributed by atoms with Gasteiger partial charge >= 0.3 is 6.18 Å². The number of fused-ring (bicyclic) bond motifs is 1. The van der Waals surface area contributed by atoms with E-state index in [-0.39, 0.29) is 16.8 Å². The van der Waals surface area contributed by atoms with Crippen LogP contribution in [0, 0.1) is 12.7 Å². The zero-order chi connectivity index (χ0) is 20.6. The van der Waals surface area contributed by atoms with Crippen molar-refractivity contribution in [2.75, 3.05) is 5.32 Å². The number of aromatic nitrogens is 3. The monoisotopic (exact) mass is 400 g/mol. The summed E-state index contributed by atoms with van der Waals surface area (Å²) in [6, 6.07) is 15.9. The molecule has 0 atom stereocenters. The van der Waals surface area contributed by atoms with E-state index < -0.39 is 17.7 Å². The smallest absolute Gasteiger partial charge is 0.366 e. The van der Waals surface area contributed by atoms with Crippen LogP contribution in [0.4, 0.5) is 23.4 Å². The zero-order valence-electron chi connectivity index (χ0n) is 15.3. The maximum absolute atomic E-state index is 13.7. The summed E-state index contributed by atoms with van der Waals surface area (Å²) in [6.45, 7) is 2.11. The summed E-state index contributed by atoms with van der Waals surface area (Å²) in [5.41, 5.74) is 0.511. The van der Waals surface area contributed by atoms with Crippen molar-refractivity contribution in [2.24, 2.45) is 0 Å². The SMILES string of the molecule is Cc1cc(NCc2ccccc2)n2nc(C(F)(F)F)c(-c3ccc(F)cc3)c2n1. The maximum Gasteiger partial charge on any atom is 0.435 e. The summed E-state index contributed by atoms with van der Waals surface area (Å²) in [7, 11) is 0. The first-order chi connectivity index (χ1) is 13.8. The molecule has 4 nitrogen and oxygen atoms in total. The summed E-state index contributed by atoms with van der Waals surface area (Å²) >= 11 is 0. The van der Waals surface area contributed by atoms with Crippen LogP contribution in [0.2, 0.25) is 0 Å². The van der Waals surface area contributed by atoms with Crippen LogP contribution in [0.5, 0.6) is 0 Å². The van der Waals surface area contributed by atoms with Gasteiger partial charge in [-0.2, -0.15) is 22.8 Å². The van der Waals surface area contributed by atoms with E-state index in [1.54, 1.807) is 13.0 Å². The third-order valence-electron chi connectivity index (χ3n) is 4.43. The van der Waals surface area contributed by atoms with Crippen molar-refractivity contribution in [1.82, 2.24) is 14.6 Å². The van der Waals surface area contributed by atoms with Crippen LogP contribution in [0.3, 0.4) is 0 Å². The first kappa shape index (κ1) is 18.9. The number of rotatable bonds is 4. The second-order valence-electron chi connectivity index (χ2n) is 6.59. The van der Waals surface area contributed by atoms with Crippen molar-refractivity contribution in [3.63, 3.8) is 0 Å². The number of nitrogens with zero attached hydrogens (tertiary/aromatic N) is 3. The fraction of sp³-hybridized carbons (Fsp3) is 0.143. The Morgan fingerprint density at radius 1 is 1.00 bits per heavy atom. The number of aryl methyl sites for hydroxylation is 1. The zero-order valence-corrected chi connectivity index (χ0v) is 15.3. The van der Waals surface area contributed by atoms with Gasteiger partial charge in [0.25, 0.3) is 0 Å². The van der Waals surface area contributed by atoms with E-state index in [1.165, 1.54) is 12.1 Å². The van der Waals surface area contributed by atoms with Gasteiger partial charge in [-0.05, 0) is 30.2 Å². The number of hydrogen-bond donors (Lipinski definition) is 1. The Morgan fingerprint density at radius 3 is 2.34 bits per heavy atom. The molecule has 0 aliphatic rings. The largest absolute Gasteiger partial charge is 0.435 e. The average molecular weight is 400 g/mol. The standard InChI is InChI=1S/C21H16F4N4/c1-13-11-17(26-12-14-5-3-2-4-6-14)29-20(27-13)18(19(28-29)21(23,24)25)15-7-9-16(22)10-8-15/h2-11,26H,12H2,1H3. The van der Waals surface area contributed by atoms with E-state index in [2.05, 4.69) is 15.4 Å². The van der Waals surface area contributed by atoms with Crippen molar-refractivity contribution < 1.29 is 17.6 Å². The molecule has 4 aromatic rings. The highest BCUT2D eigenvalue weighted by molar-refractivity contribution is 5.81. The Hall–Kier alpha value is -3.42. The van der Waals surface area contributed by atoms with E-state index in [0.29, 0.717) is 18.1 Å². The fourth-order valence-electron chi connectivity index (χ4n) is 3.13. The molecular formula is C21H16F4N4.